The molecule has 5 heteroatoms. The Bertz CT molecular complexity index is 1360. The molecule has 2 N–H and O–H groups in total. The second-order valence-corrected chi connectivity index (χ2v) is 8.56. The average molecular weight is 654 g/mol. The fraction of sp³-hybridized carbons (Fsp3) is 0.161. The van der Waals surface area contributed by atoms with Gasteiger partial charge in [-0.1, -0.05) is 72.8 Å². The van der Waals surface area contributed by atoms with Crippen LogP contribution in [0.25, 0.3) is 44.5 Å². The van der Waals surface area contributed by atoms with Crippen molar-refractivity contribution in [2.24, 2.45) is 0 Å². The number of nitrogens with zero attached hydrogens (tertiary/aromatic N) is 2. The van der Waals surface area contributed by atoms with E-state index in [2.05, 4.69) is 60.7 Å². The maximum Gasteiger partial charge on any atom is 0.0879 e. The van der Waals surface area contributed by atoms with Gasteiger partial charge in [0.2, 0.25) is 0 Å². The van der Waals surface area contributed by atoms with Gasteiger partial charge in [-0.3, -0.25) is 4.98 Å². The van der Waals surface area contributed by atoms with E-state index in [1.807, 2.05) is 48.7 Å². The molecule has 4 nitrogen and oxygen atoms in total. The third-order valence-electron chi connectivity index (χ3n) is 5.53. The predicted molar refractivity (Wildman–Crippen MR) is 143 cm³/mol. The van der Waals surface area contributed by atoms with Crippen LogP contribution < -0.4 is 0 Å². The van der Waals surface area contributed by atoms with E-state index in [9.17, 15) is 0 Å². The zero-order valence-electron chi connectivity index (χ0n) is 20.3. The summed E-state index contributed by atoms with van der Waals surface area (Å²) in [5, 5.41) is 19.5. The molecule has 4 aromatic carbocycles. The number of aliphatic hydroxyl groups excluding tert-OH is 2. The third-order valence-corrected chi connectivity index (χ3v) is 5.53. The molecule has 0 bridgehead atoms. The summed E-state index contributed by atoms with van der Waals surface area (Å²) in [5.41, 5.74) is 5.66. The van der Waals surface area contributed by atoms with Gasteiger partial charge < -0.3 is 15.2 Å². The second kappa shape index (κ2) is 13.2. The Morgan fingerprint density at radius 2 is 1.42 bits per heavy atom. The van der Waals surface area contributed by atoms with Gasteiger partial charge in [-0.2, -0.15) is 0 Å². The minimum atomic E-state index is -0.375. The van der Waals surface area contributed by atoms with Crippen molar-refractivity contribution < 1.29 is 30.3 Å². The molecule has 0 amide bonds. The topological polar surface area (TPSA) is 66.2 Å². The molecular formula is C31H29IrN2O2-. The van der Waals surface area contributed by atoms with E-state index < -0.39 is 0 Å². The minimum Gasteiger partial charge on any atom is -0.393 e. The minimum absolute atomic E-state index is 0. The van der Waals surface area contributed by atoms with E-state index in [1.165, 1.54) is 10.8 Å². The molecule has 0 aliphatic carbocycles. The Hall–Kier alpha value is -3.21. The van der Waals surface area contributed by atoms with Crippen LogP contribution in [0.2, 0.25) is 0 Å². The van der Waals surface area contributed by atoms with Crippen molar-refractivity contribution in [3.8, 4) is 33.8 Å². The van der Waals surface area contributed by atoms with Crippen LogP contribution in [0.5, 0.6) is 0 Å². The number of rotatable bonds is 5. The number of hydrogen-bond donors (Lipinski definition) is 2. The monoisotopic (exact) mass is 654 g/mol. The molecule has 5 aromatic rings. The van der Waals surface area contributed by atoms with Gasteiger partial charge >= 0.3 is 0 Å². The molecule has 1 radical (unpaired) electrons. The van der Waals surface area contributed by atoms with Crippen LogP contribution in [0.15, 0.2) is 103 Å². The van der Waals surface area contributed by atoms with Gasteiger partial charge in [0.1, 0.15) is 0 Å². The summed E-state index contributed by atoms with van der Waals surface area (Å²) in [6.45, 7) is 3.32. The van der Waals surface area contributed by atoms with Crippen LogP contribution in [-0.2, 0) is 20.1 Å². The summed E-state index contributed by atoms with van der Waals surface area (Å²) in [4.78, 5) is 9.87. The van der Waals surface area contributed by atoms with Gasteiger partial charge in [-0.05, 0) is 36.6 Å². The van der Waals surface area contributed by atoms with Gasteiger partial charge in [-0.15, -0.1) is 35.9 Å². The normalized spacial score (nSPS) is 12.1. The fourth-order valence-electron chi connectivity index (χ4n) is 4.00. The molecular weight excluding hydrogens is 625 g/mol. The molecule has 1 aromatic heterocycles. The molecule has 0 saturated carbocycles. The van der Waals surface area contributed by atoms with Gasteiger partial charge in [0, 0.05) is 37.6 Å². The number of hydrogen-bond acceptors (Lipinski definition) is 4. The van der Waals surface area contributed by atoms with Crippen LogP contribution in [0.4, 0.5) is 0 Å². The molecule has 0 fully saturated rings. The van der Waals surface area contributed by atoms with E-state index in [0.717, 1.165) is 33.8 Å². The fourth-order valence-corrected chi connectivity index (χ4v) is 4.00. The van der Waals surface area contributed by atoms with Crippen molar-refractivity contribution in [1.29, 1.82) is 0 Å². The summed E-state index contributed by atoms with van der Waals surface area (Å²) in [5.74, 6) is 0. The van der Waals surface area contributed by atoms with Crippen molar-refractivity contribution in [2.75, 3.05) is 0 Å². The van der Waals surface area contributed by atoms with Gasteiger partial charge in [0.25, 0.3) is 0 Å². The Kier molecular flexibility index (Phi) is 10.0. The first kappa shape index (κ1) is 27.4. The van der Waals surface area contributed by atoms with Gasteiger partial charge in [0.05, 0.1) is 23.6 Å². The van der Waals surface area contributed by atoms with Crippen molar-refractivity contribution in [1.82, 2.24) is 9.97 Å². The largest absolute Gasteiger partial charge is 0.393 e. The zero-order valence-corrected chi connectivity index (χ0v) is 22.7. The van der Waals surface area contributed by atoms with E-state index in [1.54, 1.807) is 13.8 Å². The first-order chi connectivity index (χ1) is 17.0. The zero-order chi connectivity index (χ0) is 24.6. The molecule has 1 heterocycles. The summed E-state index contributed by atoms with van der Waals surface area (Å²) in [6.07, 6.45) is 1.59. The predicted octanol–water partition coefficient (Wildman–Crippen LogP) is 6.57. The molecule has 0 saturated heterocycles. The number of aliphatic hydroxyl groups is 2. The molecule has 2 atom stereocenters. The van der Waals surface area contributed by atoms with Crippen LogP contribution in [-0.4, -0.2) is 32.4 Å². The van der Waals surface area contributed by atoms with Crippen LogP contribution in [0, 0.1) is 6.07 Å². The molecule has 36 heavy (non-hydrogen) atoms. The SMILES string of the molecule is CC(O)CC(C)O.[Ir].[c-]1ccccc1-c1ncc(-c2cccc3ccccc23)nc1-c1ccccc1. The number of benzene rings is 4. The summed E-state index contributed by atoms with van der Waals surface area (Å²) in [7, 11) is 0. The van der Waals surface area contributed by atoms with E-state index in [0.29, 0.717) is 6.42 Å². The van der Waals surface area contributed by atoms with Crippen LogP contribution >= 0.6 is 0 Å². The Balaban J connectivity index is 0.000000400. The molecule has 0 spiro atoms. The Morgan fingerprint density at radius 3 is 2.08 bits per heavy atom. The molecule has 0 aliphatic heterocycles. The van der Waals surface area contributed by atoms with E-state index in [4.69, 9.17) is 20.2 Å². The summed E-state index contributed by atoms with van der Waals surface area (Å²) < 4.78 is 0. The quantitative estimate of drug-likeness (QED) is 0.211. The van der Waals surface area contributed by atoms with Crippen LogP contribution in [0.3, 0.4) is 0 Å². The van der Waals surface area contributed by atoms with Crippen molar-refractivity contribution in [2.45, 2.75) is 32.5 Å². The smallest absolute Gasteiger partial charge is 0.0879 e. The molecule has 0 aliphatic rings. The summed E-state index contributed by atoms with van der Waals surface area (Å²) in [6, 6.07) is 36.1. The molecule has 2 unspecified atom stereocenters. The summed E-state index contributed by atoms with van der Waals surface area (Å²) >= 11 is 0. The van der Waals surface area contributed by atoms with Crippen molar-refractivity contribution in [3.63, 3.8) is 0 Å². The molecule has 5 rings (SSSR count). The second-order valence-electron chi connectivity index (χ2n) is 8.56. The van der Waals surface area contributed by atoms with E-state index in [-0.39, 0.29) is 32.3 Å². The van der Waals surface area contributed by atoms with Crippen molar-refractivity contribution >= 4 is 10.8 Å². The first-order valence-electron chi connectivity index (χ1n) is 11.8. The average Bonchev–Trinajstić information content (AvgIpc) is 2.89. The Morgan fingerprint density at radius 1 is 0.750 bits per heavy atom. The van der Waals surface area contributed by atoms with Gasteiger partial charge in [0.15, 0.2) is 0 Å². The third kappa shape index (κ3) is 6.93. The number of aromatic nitrogens is 2. The van der Waals surface area contributed by atoms with Gasteiger partial charge in [-0.25, -0.2) is 0 Å². The van der Waals surface area contributed by atoms with E-state index >= 15 is 0 Å². The number of fused-ring (bicyclic) bond motifs is 1. The maximum absolute atomic E-state index is 8.56. The van der Waals surface area contributed by atoms with Crippen molar-refractivity contribution in [3.05, 3.63) is 109 Å². The maximum atomic E-state index is 8.56. The Labute approximate surface area is 226 Å². The first-order valence-corrected chi connectivity index (χ1v) is 11.8. The molecule has 185 valence electrons. The van der Waals surface area contributed by atoms with Crippen LogP contribution in [0.1, 0.15) is 20.3 Å². The standard InChI is InChI=1S/C26H17N2.C5H12O2.Ir/c1-3-11-20(12-4-1)25-26(21-13-5-2-6-14-21)28-24(18-27-25)23-17-9-15-19-10-7-8-16-22(19)23;1-4(6)3-5(2)7;/h1-11,13-18H;4-7H,3H2,1-2H3;/q-1;;.